The monoisotopic (exact) mass is 362 g/mol. The maximum Gasteiger partial charge on any atom is 0.253 e. The van der Waals surface area contributed by atoms with Crippen LogP contribution in [0.15, 0.2) is 48.8 Å². The second kappa shape index (κ2) is 7.82. The molecule has 2 aromatic heterocycles. The van der Waals surface area contributed by atoms with E-state index in [4.69, 9.17) is 0 Å². The number of rotatable bonds is 5. The Balaban J connectivity index is 1.43. The van der Waals surface area contributed by atoms with Crippen LogP contribution in [0.3, 0.4) is 0 Å². The normalized spacial score (nSPS) is 14.5. The zero-order chi connectivity index (χ0) is 18.6. The molecule has 1 aliphatic rings. The number of aryl methyl sites for hydroxylation is 1. The van der Waals surface area contributed by atoms with E-state index in [9.17, 15) is 4.79 Å². The number of amides is 1. The molecule has 3 aromatic rings. The molecule has 0 unspecified atom stereocenters. The van der Waals surface area contributed by atoms with Crippen molar-refractivity contribution >= 4 is 22.6 Å². The van der Waals surface area contributed by atoms with Crippen molar-refractivity contribution in [3.63, 3.8) is 0 Å². The van der Waals surface area contributed by atoms with Crippen molar-refractivity contribution in [3.05, 3.63) is 59.9 Å². The maximum atomic E-state index is 12.7. The van der Waals surface area contributed by atoms with E-state index < -0.39 is 0 Å². The van der Waals surface area contributed by atoms with Crippen molar-refractivity contribution in [2.45, 2.75) is 39.3 Å². The highest BCUT2D eigenvalue weighted by atomic mass is 16.1. The van der Waals surface area contributed by atoms with Gasteiger partial charge in [0.1, 0.15) is 5.65 Å². The first-order valence-corrected chi connectivity index (χ1v) is 9.82. The number of anilines is 1. The third kappa shape index (κ3) is 3.68. The van der Waals surface area contributed by atoms with Gasteiger partial charge < -0.3 is 14.8 Å². The van der Waals surface area contributed by atoms with Crippen LogP contribution in [-0.2, 0) is 13.1 Å². The molecule has 3 heterocycles. The van der Waals surface area contributed by atoms with Crippen LogP contribution in [-0.4, -0.2) is 28.5 Å². The Kier molecular flexibility index (Phi) is 5.10. The molecule has 0 aliphatic carbocycles. The number of carbonyl (C=O) groups excluding carboxylic acids is 1. The Hall–Kier alpha value is -2.82. The molecule has 1 N–H and O–H groups in total. The van der Waals surface area contributed by atoms with Crippen molar-refractivity contribution < 1.29 is 4.79 Å². The van der Waals surface area contributed by atoms with Gasteiger partial charge in [0.25, 0.3) is 5.91 Å². The third-order valence-corrected chi connectivity index (χ3v) is 5.33. The zero-order valence-corrected chi connectivity index (χ0v) is 15.8. The molecular weight excluding hydrogens is 336 g/mol. The van der Waals surface area contributed by atoms with Crippen molar-refractivity contribution in [2.24, 2.45) is 0 Å². The smallest absolute Gasteiger partial charge is 0.253 e. The predicted octanol–water partition coefficient (Wildman–Crippen LogP) is 3.98. The first-order chi connectivity index (χ1) is 13.3. The van der Waals surface area contributed by atoms with E-state index in [0.29, 0.717) is 12.1 Å². The Morgan fingerprint density at radius 2 is 1.89 bits per heavy atom. The van der Waals surface area contributed by atoms with E-state index >= 15 is 0 Å². The number of aromatic nitrogens is 2. The Morgan fingerprint density at radius 1 is 1.11 bits per heavy atom. The van der Waals surface area contributed by atoms with E-state index in [0.717, 1.165) is 36.2 Å². The van der Waals surface area contributed by atoms with Gasteiger partial charge in [0.2, 0.25) is 0 Å². The lowest BCUT2D eigenvalue weighted by molar-refractivity contribution is 0.0952. The van der Waals surface area contributed by atoms with Crippen LogP contribution < -0.4 is 10.2 Å². The Bertz CT molecular complexity index is 923. The summed E-state index contributed by atoms with van der Waals surface area (Å²) in [6.45, 7) is 5.66. The second-order valence-corrected chi connectivity index (χ2v) is 7.10. The van der Waals surface area contributed by atoms with Crippen LogP contribution in [0.5, 0.6) is 0 Å². The molecule has 0 radical (unpaired) electrons. The molecule has 1 fully saturated rings. The average molecular weight is 362 g/mol. The van der Waals surface area contributed by atoms with Gasteiger partial charge in [0.15, 0.2) is 0 Å². The number of pyridine rings is 1. The number of hydrogen-bond donors (Lipinski definition) is 1. The molecule has 0 spiro atoms. The molecular formula is C22H26N4O. The topological polar surface area (TPSA) is 50.2 Å². The number of fused-ring (bicyclic) bond motifs is 1. The van der Waals surface area contributed by atoms with Gasteiger partial charge in [-0.15, -0.1) is 0 Å². The minimum atomic E-state index is -0.0553. The molecule has 27 heavy (non-hydrogen) atoms. The summed E-state index contributed by atoms with van der Waals surface area (Å²) in [5.41, 5.74) is 3.93. The highest BCUT2D eigenvalue weighted by molar-refractivity contribution is 6.06. The fraction of sp³-hybridized carbons (Fsp3) is 0.364. The van der Waals surface area contributed by atoms with E-state index in [1.54, 1.807) is 6.20 Å². The zero-order valence-electron chi connectivity index (χ0n) is 15.8. The highest BCUT2D eigenvalue weighted by Crippen LogP contribution is 2.21. The standard InChI is InChI=1S/C22H26N4O/c1-2-25-16-20(19-7-6-12-23-21(19)25)22(27)24-15-17-8-10-18(11-9-17)26-13-4-3-5-14-26/h6-12,16H,2-5,13-15H2,1H3,(H,24,27). The Labute approximate surface area is 160 Å². The molecule has 0 atom stereocenters. The van der Waals surface area contributed by atoms with Crippen LogP contribution in [0.1, 0.15) is 42.1 Å². The summed E-state index contributed by atoms with van der Waals surface area (Å²) in [4.78, 5) is 19.6. The van der Waals surface area contributed by atoms with E-state index in [1.807, 2.05) is 22.9 Å². The molecule has 0 bridgehead atoms. The van der Waals surface area contributed by atoms with Gasteiger partial charge in [0.05, 0.1) is 5.56 Å². The Morgan fingerprint density at radius 3 is 2.63 bits per heavy atom. The summed E-state index contributed by atoms with van der Waals surface area (Å²) in [5, 5.41) is 3.95. The SMILES string of the molecule is CCn1cc(C(=O)NCc2ccc(N3CCCCC3)cc2)c2cccnc21. The summed E-state index contributed by atoms with van der Waals surface area (Å²) in [6.07, 6.45) is 7.55. The number of nitrogens with one attached hydrogen (secondary N) is 1. The summed E-state index contributed by atoms with van der Waals surface area (Å²) in [5.74, 6) is -0.0553. The number of hydrogen-bond acceptors (Lipinski definition) is 3. The molecule has 0 saturated carbocycles. The summed E-state index contributed by atoms with van der Waals surface area (Å²) in [6, 6.07) is 12.4. The van der Waals surface area contributed by atoms with Crippen molar-refractivity contribution in [2.75, 3.05) is 18.0 Å². The van der Waals surface area contributed by atoms with Gasteiger partial charge in [-0.3, -0.25) is 4.79 Å². The lowest BCUT2D eigenvalue weighted by Gasteiger charge is -2.28. The molecule has 1 aliphatic heterocycles. The first kappa shape index (κ1) is 17.6. The fourth-order valence-corrected chi connectivity index (χ4v) is 3.80. The summed E-state index contributed by atoms with van der Waals surface area (Å²) in [7, 11) is 0. The van der Waals surface area contributed by atoms with Crippen LogP contribution in [0.4, 0.5) is 5.69 Å². The van der Waals surface area contributed by atoms with Crippen molar-refractivity contribution in [1.82, 2.24) is 14.9 Å². The van der Waals surface area contributed by atoms with Gasteiger partial charge in [0, 0.05) is 49.6 Å². The number of nitrogens with zero attached hydrogens (tertiary/aromatic N) is 3. The third-order valence-electron chi connectivity index (χ3n) is 5.33. The van der Waals surface area contributed by atoms with Crippen molar-refractivity contribution in [3.8, 4) is 0 Å². The van der Waals surface area contributed by atoms with Gasteiger partial charge in [-0.05, 0) is 56.0 Å². The lowest BCUT2D eigenvalue weighted by atomic mass is 10.1. The number of carbonyl (C=O) groups is 1. The minimum absolute atomic E-state index is 0.0553. The molecule has 1 amide bonds. The maximum absolute atomic E-state index is 12.7. The van der Waals surface area contributed by atoms with Crippen LogP contribution in [0.2, 0.25) is 0 Å². The molecule has 4 rings (SSSR count). The van der Waals surface area contributed by atoms with Crippen molar-refractivity contribution in [1.29, 1.82) is 0 Å². The van der Waals surface area contributed by atoms with Gasteiger partial charge in [-0.1, -0.05) is 12.1 Å². The second-order valence-electron chi connectivity index (χ2n) is 7.10. The van der Waals surface area contributed by atoms with Crippen LogP contribution in [0.25, 0.3) is 11.0 Å². The highest BCUT2D eigenvalue weighted by Gasteiger charge is 2.15. The molecule has 5 nitrogen and oxygen atoms in total. The summed E-state index contributed by atoms with van der Waals surface area (Å²) < 4.78 is 2.01. The van der Waals surface area contributed by atoms with E-state index in [2.05, 4.69) is 46.4 Å². The number of benzene rings is 1. The molecule has 140 valence electrons. The fourth-order valence-electron chi connectivity index (χ4n) is 3.80. The predicted molar refractivity (Wildman–Crippen MR) is 109 cm³/mol. The average Bonchev–Trinajstić information content (AvgIpc) is 3.12. The quantitative estimate of drug-likeness (QED) is 0.747. The van der Waals surface area contributed by atoms with Gasteiger partial charge >= 0.3 is 0 Å². The van der Waals surface area contributed by atoms with Crippen LogP contribution in [0, 0.1) is 0 Å². The van der Waals surface area contributed by atoms with E-state index in [-0.39, 0.29) is 5.91 Å². The van der Waals surface area contributed by atoms with Crippen LogP contribution >= 0.6 is 0 Å². The largest absolute Gasteiger partial charge is 0.372 e. The summed E-state index contributed by atoms with van der Waals surface area (Å²) >= 11 is 0. The van der Waals surface area contributed by atoms with E-state index in [1.165, 1.54) is 24.9 Å². The molecule has 5 heteroatoms. The van der Waals surface area contributed by atoms with Gasteiger partial charge in [-0.2, -0.15) is 0 Å². The first-order valence-electron chi connectivity index (χ1n) is 9.82. The lowest BCUT2D eigenvalue weighted by Crippen LogP contribution is -2.29. The molecule has 1 saturated heterocycles. The molecule has 1 aromatic carbocycles. The minimum Gasteiger partial charge on any atom is -0.372 e. The number of piperidine rings is 1. The van der Waals surface area contributed by atoms with Gasteiger partial charge in [-0.25, -0.2) is 4.98 Å².